The van der Waals surface area contributed by atoms with Crippen molar-refractivity contribution in [3.63, 3.8) is 0 Å². The van der Waals surface area contributed by atoms with Crippen molar-refractivity contribution < 1.29 is 9.21 Å². The van der Waals surface area contributed by atoms with Gasteiger partial charge in [0.25, 0.3) is 5.91 Å². The highest BCUT2D eigenvalue weighted by molar-refractivity contribution is 8.26. The SMILES string of the molecule is CC[C@H](C)N1C(=O)/C(=C\c2ccco2)SC1=S. The van der Waals surface area contributed by atoms with Crippen molar-refractivity contribution in [2.45, 2.75) is 26.3 Å². The van der Waals surface area contributed by atoms with Gasteiger partial charge >= 0.3 is 0 Å². The molecule has 1 aliphatic rings. The Morgan fingerprint density at radius 1 is 1.65 bits per heavy atom. The van der Waals surface area contributed by atoms with Crippen LogP contribution in [0, 0.1) is 0 Å². The lowest BCUT2D eigenvalue weighted by atomic mass is 10.2. The molecule has 1 atom stereocenters. The molecule has 1 saturated heterocycles. The van der Waals surface area contributed by atoms with Gasteiger partial charge < -0.3 is 4.42 Å². The Balaban J connectivity index is 2.24. The van der Waals surface area contributed by atoms with Crippen molar-refractivity contribution in [3.05, 3.63) is 29.1 Å². The molecule has 0 aromatic carbocycles. The first-order valence-corrected chi connectivity index (χ1v) is 6.66. The lowest BCUT2D eigenvalue weighted by molar-refractivity contribution is -0.123. The second kappa shape index (κ2) is 5.06. The van der Waals surface area contributed by atoms with Crippen LogP contribution in [-0.2, 0) is 4.79 Å². The molecule has 90 valence electrons. The molecule has 5 heteroatoms. The molecular weight excluding hydrogens is 254 g/mol. The maximum Gasteiger partial charge on any atom is 0.266 e. The number of rotatable bonds is 3. The Morgan fingerprint density at radius 3 is 3.00 bits per heavy atom. The average molecular weight is 267 g/mol. The van der Waals surface area contributed by atoms with Gasteiger partial charge in [0.05, 0.1) is 11.2 Å². The van der Waals surface area contributed by atoms with Crippen LogP contribution in [0.2, 0.25) is 0 Å². The smallest absolute Gasteiger partial charge is 0.266 e. The second-order valence-electron chi connectivity index (χ2n) is 3.82. The van der Waals surface area contributed by atoms with Gasteiger partial charge in [0.2, 0.25) is 0 Å². The first kappa shape index (κ1) is 12.4. The highest BCUT2D eigenvalue weighted by atomic mass is 32.2. The molecule has 3 nitrogen and oxygen atoms in total. The Hall–Kier alpha value is -1.07. The van der Waals surface area contributed by atoms with Crippen molar-refractivity contribution in [1.29, 1.82) is 0 Å². The van der Waals surface area contributed by atoms with Crippen LogP contribution in [0.3, 0.4) is 0 Å². The van der Waals surface area contributed by atoms with Crippen molar-refractivity contribution >= 4 is 40.3 Å². The molecule has 0 saturated carbocycles. The predicted octanol–water partition coefficient (Wildman–Crippen LogP) is 3.28. The zero-order valence-corrected chi connectivity index (χ0v) is 11.3. The number of hydrogen-bond donors (Lipinski definition) is 0. The number of thiocarbonyl (C=S) groups is 1. The summed E-state index contributed by atoms with van der Waals surface area (Å²) >= 11 is 6.56. The molecule has 2 heterocycles. The quantitative estimate of drug-likeness (QED) is 0.621. The summed E-state index contributed by atoms with van der Waals surface area (Å²) in [6, 6.07) is 3.75. The first-order chi connectivity index (χ1) is 8.13. The van der Waals surface area contributed by atoms with E-state index in [1.54, 1.807) is 23.3 Å². The van der Waals surface area contributed by atoms with Crippen LogP contribution >= 0.6 is 24.0 Å². The zero-order valence-electron chi connectivity index (χ0n) is 9.67. The second-order valence-corrected chi connectivity index (χ2v) is 5.50. The summed E-state index contributed by atoms with van der Waals surface area (Å²) in [6.07, 6.45) is 4.21. The number of amides is 1. The van der Waals surface area contributed by atoms with E-state index < -0.39 is 0 Å². The minimum absolute atomic E-state index is 0.0225. The number of hydrogen-bond acceptors (Lipinski definition) is 4. The van der Waals surface area contributed by atoms with Gasteiger partial charge in [0, 0.05) is 12.1 Å². The van der Waals surface area contributed by atoms with E-state index in [1.165, 1.54) is 11.8 Å². The van der Waals surface area contributed by atoms with Gasteiger partial charge in [0.15, 0.2) is 0 Å². The van der Waals surface area contributed by atoms with Gasteiger partial charge in [-0.2, -0.15) is 0 Å². The van der Waals surface area contributed by atoms with E-state index in [0.717, 1.165) is 6.42 Å². The van der Waals surface area contributed by atoms with Gasteiger partial charge in [0.1, 0.15) is 10.1 Å². The molecule has 0 radical (unpaired) electrons. The molecule has 1 aliphatic heterocycles. The van der Waals surface area contributed by atoms with Gasteiger partial charge in [-0.3, -0.25) is 9.69 Å². The van der Waals surface area contributed by atoms with E-state index in [2.05, 4.69) is 0 Å². The summed E-state index contributed by atoms with van der Waals surface area (Å²) in [7, 11) is 0. The highest BCUT2D eigenvalue weighted by Gasteiger charge is 2.34. The molecule has 17 heavy (non-hydrogen) atoms. The van der Waals surface area contributed by atoms with E-state index in [0.29, 0.717) is 15.0 Å². The summed E-state index contributed by atoms with van der Waals surface area (Å²) in [5.41, 5.74) is 0. The third-order valence-corrected chi connectivity index (χ3v) is 4.00. The number of thioether (sulfide) groups is 1. The standard InChI is InChI=1S/C12H13NO2S2/c1-3-8(2)13-11(14)10(17-12(13)16)7-9-5-4-6-15-9/h4-8H,3H2,1-2H3/b10-7+/t8-/m0/s1. The summed E-state index contributed by atoms with van der Waals surface area (Å²) in [6.45, 7) is 4.04. The van der Waals surface area contributed by atoms with Crippen LogP contribution in [0.4, 0.5) is 0 Å². The molecule has 0 N–H and O–H groups in total. The molecule has 0 spiro atoms. The minimum atomic E-state index is -0.0225. The molecule has 1 aromatic heterocycles. The third-order valence-electron chi connectivity index (χ3n) is 2.67. The van der Waals surface area contributed by atoms with Gasteiger partial charge in [-0.1, -0.05) is 30.9 Å². The summed E-state index contributed by atoms with van der Waals surface area (Å²) in [5, 5.41) is 0. The maximum atomic E-state index is 12.2. The van der Waals surface area contributed by atoms with Crippen molar-refractivity contribution in [2.75, 3.05) is 0 Å². The van der Waals surface area contributed by atoms with Gasteiger partial charge in [-0.05, 0) is 25.5 Å². The summed E-state index contributed by atoms with van der Waals surface area (Å²) in [4.78, 5) is 14.5. The monoisotopic (exact) mass is 267 g/mol. The molecule has 0 bridgehead atoms. The Labute approximate surface area is 110 Å². The van der Waals surface area contributed by atoms with Crippen LogP contribution in [0.15, 0.2) is 27.7 Å². The largest absolute Gasteiger partial charge is 0.465 e. The first-order valence-electron chi connectivity index (χ1n) is 5.44. The number of carbonyl (C=O) groups excluding carboxylic acids is 1. The molecule has 1 aromatic rings. The van der Waals surface area contributed by atoms with E-state index in [4.69, 9.17) is 16.6 Å². The minimum Gasteiger partial charge on any atom is -0.465 e. The van der Waals surface area contributed by atoms with Crippen LogP contribution < -0.4 is 0 Å². The van der Waals surface area contributed by atoms with Crippen LogP contribution in [0.1, 0.15) is 26.0 Å². The lowest BCUT2D eigenvalue weighted by Gasteiger charge is -2.21. The topological polar surface area (TPSA) is 33.5 Å². The average Bonchev–Trinajstić information content (AvgIpc) is 2.89. The molecular formula is C12H13NO2S2. The van der Waals surface area contributed by atoms with Crippen molar-refractivity contribution in [3.8, 4) is 0 Å². The summed E-state index contributed by atoms with van der Waals surface area (Å²) in [5.74, 6) is 0.653. The van der Waals surface area contributed by atoms with Crippen molar-refractivity contribution in [1.82, 2.24) is 4.90 Å². The molecule has 2 rings (SSSR count). The third kappa shape index (κ3) is 2.45. The predicted molar refractivity (Wildman–Crippen MR) is 73.5 cm³/mol. The number of carbonyl (C=O) groups is 1. The van der Waals surface area contributed by atoms with E-state index in [9.17, 15) is 4.79 Å². The molecule has 1 fully saturated rings. The summed E-state index contributed by atoms with van der Waals surface area (Å²) < 4.78 is 5.82. The number of nitrogens with zero attached hydrogens (tertiary/aromatic N) is 1. The molecule has 1 amide bonds. The fourth-order valence-electron chi connectivity index (χ4n) is 1.55. The van der Waals surface area contributed by atoms with Crippen LogP contribution in [-0.4, -0.2) is 21.2 Å². The highest BCUT2D eigenvalue weighted by Crippen LogP contribution is 2.34. The lowest BCUT2D eigenvalue weighted by Crippen LogP contribution is -2.36. The van der Waals surface area contributed by atoms with Gasteiger partial charge in [-0.25, -0.2) is 0 Å². The maximum absolute atomic E-state index is 12.2. The molecule has 0 unspecified atom stereocenters. The number of furan rings is 1. The fourth-order valence-corrected chi connectivity index (χ4v) is 2.99. The zero-order chi connectivity index (χ0) is 12.4. The van der Waals surface area contributed by atoms with Crippen LogP contribution in [0.25, 0.3) is 6.08 Å². The van der Waals surface area contributed by atoms with Crippen LogP contribution in [0.5, 0.6) is 0 Å². The van der Waals surface area contributed by atoms with E-state index in [1.807, 2.05) is 19.9 Å². The normalized spacial score (nSPS) is 20.4. The fraction of sp³-hybridized carbons (Fsp3) is 0.333. The van der Waals surface area contributed by atoms with E-state index >= 15 is 0 Å². The van der Waals surface area contributed by atoms with E-state index in [-0.39, 0.29) is 11.9 Å². The molecule has 0 aliphatic carbocycles. The van der Waals surface area contributed by atoms with Crippen molar-refractivity contribution in [2.24, 2.45) is 0 Å². The Morgan fingerprint density at radius 2 is 2.41 bits per heavy atom. The Kier molecular flexibility index (Phi) is 3.69. The Bertz CT molecular complexity index is 465. The van der Waals surface area contributed by atoms with Gasteiger partial charge in [-0.15, -0.1) is 0 Å².